The first-order valence-electron chi connectivity index (χ1n) is 13.8. The first kappa shape index (κ1) is 34.5. The third-order valence-electron chi connectivity index (χ3n) is 5.40. The molecule has 13 N–H and O–H groups in total. The molecule has 0 spiro atoms. The standard InChI is InChI=1S/C23H60N12/c1-26-6-7-29-9-10-30-11-12-31-13-14-32-15-17-34-20-23-35(21-18-28-5-3-25)22-19-33-16-8-27-4-2-24/h26-34H,2-25H2,1H3. The molecule has 0 atom stereocenters. The second-order valence-corrected chi connectivity index (χ2v) is 8.52. The summed E-state index contributed by atoms with van der Waals surface area (Å²) in [4.78, 5) is 2.50. The van der Waals surface area contributed by atoms with E-state index in [0.29, 0.717) is 13.1 Å². The van der Waals surface area contributed by atoms with Crippen molar-refractivity contribution in [2.45, 2.75) is 0 Å². The molecular weight excluding hydrogens is 444 g/mol. The molecule has 0 aromatic heterocycles. The molecule has 12 heteroatoms. The normalized spacial score (nSPS) is 11.7. The lowest BCUT2D eigenvalue weighted by Gasteiger charge is -2.23. The average molecular weight is 505 g/mol. The molecule has 0 fully saturated rings. The van der Waals surface area contributed by atoms with Gasteiger partial charge in [0.25, 0.3) is 0 Å². The number of nitrogens with zero attached hydrogens (tertiary/aromatic N) is 1. The number of nitrogens with two attached hydrogens (primary N) is 2. The van der Waals surface area contributed by atoms with Crippen LogP contribution in [0.5, 0.6) is 0 Å². The predicted molar refractivity (Wildman–Crippen MR) is 151 cm³/mol. The van der Waals surface area contributed by atoms with Crippen LogP contribution in [0, 0.1) is 0 Å². The largest absolute Gasteiger partial charge is 0.329 e. The molecule has 0 aliphatic heterocycles. The second-order valence-electron chi connectivity index (χ2n) is 8.52. The van der Waals surface area contributed by atoms with Crippen molar-refractivity contribution in [3.05, 3.63) is 0 Å². The summed E-state index contributed by atoms with van der Waals surface area (Å²) < 4.78 is 0. The van der Waals surface area contributed by atoms with Crippen LogP contribution in [0.4, 0.5) is 0 Å². The highest BCUT2D eigenvalue weighted by Gasteiger charge is 2.04. The number of likely N-dealkylation sites (N-methyl/N-ethyl adjacent to an activating group) is 1. The van der Waals surface area contributed by atoms with Gasteiger partial charge in [-0.1, -0.05) is 0 Å². The van der Waals surface area contributed by atoms with Gasteiger partial charge in [0.2, 0.25) is 0 Å². The third kappa shape index (κ3) is 29.6. The maximum atomic E-state index is 5.57. The van der Waals surface area contributed by atoms with Gasteiger partial charge in [-0.15, -0.1) is 0 Å². The zero-order chi connectivity index (χ0) is 25.5. The van der Waals surface area contributed by atoms with E-state index < -0.39 is 0 Å². The molecule has 0 saturated carbocycles. The van der Waals surface area contributed by atoms with Crippen molar-refractivity contribution in [3.8, 4) is 0 Å². The van der Waals surface area contributed by atoms with E-state index in [1.54, 1.807) is 0 Å². The Kier molecular flexibility index (Phi) is 31.1. The lowest BCUT2D eigenvalue weighted by Crippen LogP contribution is -2.42. The molecule has 0 rings (SSSR count). The van der Waals surface area contributed by atoms with E-state index >= 15 is 0 Å². The highest BCUT2D eigenvalue weighted by molar-refractivity contribution is 4.65. The van der Waals surface area contributed by atoms with Crippen molar-refractivity contribution in [1.29, 1.82) is 0 Å². The molecule has 12 nitrogen and oxygen atoms in total. The molecule has 0 aromatic rings. The van der Waals surface area contributed by atoms with Crippen LogP contribution < -0.4 is 59.3 Å². The fourth-order valence-electron chi connectivity index (χ4n) is 3.35. The molecule has 0 aromatic carbocycles. The van der Waals surface area contributed by atoms with Crippen LogP contribution in [0.25, 0.3) is 0 Å². The van der Waals surface area contributed by atoms with Gasteiger partial charge in [0.15, 0.2) is 0 Å². The van der Waals surface area contributed by atoms with Gasteiger partial charge < -0.3 is 59.3 Å². The van der Waals surface area contributed by atoms with E-state index in [0.717, 1.165) is 131 Å². The Balaban J connectivity index is 3.54. The number of rotatable bonds is 31. The highest BCUT2D eigenvalue weighted by Crippen LogP contribution is 1.86. The molecule has 0 aliphatic rings. The maximum absolute atomic E-state index is 5.57. The highest BCUT2D eigenvalue weighted by atomic mass is 15.2. The first-order chi connectivity index (χ1) is 17.3. The van der Waals surface area contributed by atoms with Crippen molar-refractivity contribution in [1.82, 2.24) is 52.8 Å². The summed E-state index contributed by atoms with van der Waals surface area (Å²) in [6.45, 7) is 21.3. The smallest absolute Gasteiger partial charge is 0.0108 e. The minimum absolute atomic E-state index is 0.688. The summed E-state index contributed by atoms with van der Waals surface area (Å²) in [5.41, 5.74) is 11.1. The zero-order valence-corrected chi connectivity index (χ0v) is 22.7. The van der Waals surface area contributed by atoms with E-state index in [2.05, 4.69) is 52.8 Å². The minimum atomic E-state index is 0.688. The van der Waals surface area contributed by atoms with Gasteiger partial charge >= 0.3 is 0 Å². The Bertz CT molecular complexity index is 378. The maximum Gasteiger partial charge on any atom is 0.0108 e. The molecule has 0 unspecified atom stereocenters. The van der Waals surface area contributed by atoms with Gasteiger partial charge in [-0.2, -0.15) is 0 Å². The van der Waals surface area contributed by atoms with E-state index in [4.69, 9.17) is 11.5 Å². The summed E-state index contributed by atoms with van der Waals surface area (Å²) in [5, 5.41) is 30.7. The van der Waals surface area contributed by atoms with Gasteiger partial charge in [-0.25, -0.2) is 0 Å². The van der Waals surface area contributed by atoms with Gasteiger partial charge in [0, 0.05) is 144 Å². The summed E-state index contributed by atoms with van der Waals surface area (Å²) in [6, 6.07) is 0. The van der Waals surface area contributed by atoms with Crippen LogP contribution in [0.3, 0.4) is 0 Å². The fourth-order valence-corrected chi connectivity index (χ4v) is 3.35. The summed E-state index contributed by atoms with van der Waals surface area (Å²) in [7, 11) is 1.98. The van der Waals surface area contributed by atoms with Crippen LogP contribution in [0.2, 0.25) is 0 Å². The summed E-state index contributed by atoms with van der Waals surface area (Å²) >= 11 is 0. The molecule has 0 saturated heterocycles. The zero-order valence-electron chi connectivity index (χ0n) is 22.7. The molecule has 0 aliphatic carbocycles. The van der Waals surface area contributed by atoms with E-state index in [-0.39, 0.29) is 0 Å². The van der Waals surface area contributed by atoms with Crippen molar-refractivity contribution in [3.63, 3.8) is 0 Å². The van der Waals surface area contributed by atoms with E-state index in [1.807, 2.05) is 7.05 Å². The van der Waals surface area contributed by atoms with Crippen molar-refractivity contribution in [2.24, 2.45) is 11.5 Å². The predicted octanol–water partition coefficient (Wildman–Crippen LogP) is -4.86. The Labute approximate surface area is 215 Å². The van der Waals surface area contributed by atoms with Gasteiger partial charge in [-0.3, -0.25) is 4.90 Å². The monoisotopic (exact) mass is 505 g/mol. The van der Waals surface area contributed by atoms with E-state index in [1.165, 1.54) is 0 Å². The van der Waals surface area contributed by atoms with Gasteiger partial charge in [0.1, 0.15) is 0 Å². The number of hydrogen-bond acceptors (Lipinski definition) is 12. The van der Waals surface area contributed by atoms with Crippen molar-refractivity contribution >= 4 is 0 Å². The Morgan fingerprint density at radius 2 is 0.629 bits per heavy atom. The molecule has 0 amide bonds. The molecule has 0 radical (unpaired) electrons. The third-order valence-corrected chi connectivity index (χ3v) is 5.40. The van der Waals surface area contributed by atoms with Crippen molar-refractivity contribution in [2.75, 3.05) is 151 Å². The topological polar surface area (TPSA) is 164 Å². The average Bonchev–Trinajstić information content (AvgIpc) is 2.87. The minimum Gasteiger partial charge on any atom is -0.329 e. The van der Waals surface area contributed by atoms with Crippen molar-refractivity contribution < 1.29 is 0 Å². The van der Waals surface area contributed by atoms with Crippen LogP contribution in [-0.4, -0.2) is 156 Å². The number of nitrogens with one attached hydrogen (secondary N) is 9. The van der Waals surface area contributed by atoms with Crippen LogP contribution >= 0.6 is 0 Å². The molecular formula is C23H60N12. The molecule has 212 valence electrons. The lowest BCUT2D eigenvalue weighted by atomic mass is 10.4. The van der Waals surface area contributed by atoms with Gasteiger partial charge in [0.05, 0.1) is 0 Å². The Hall–Kier alpha value is -0.480. The van der Waals surface area contributed by atoms with Crippen LogP contribution in [0.1, 0.15) is 0 Å². The summed E-state index contributed by atoms with van der Waals surface area (Å²) in [6.07, 6.45) is 0. The van der Waals surface area contributed by atoms with Gasteiger partial charge in [-0.05, 0) is 7.05 Å². The van der Waals surface area contributed by atoms with Crippen LogP contribution in [-0.2, 0) is 0 Å². The fraction of sp³-hybridized carbons (Fsp3) is 1.00. The summed E-state index contributed by atoms with van der Waals surface area (Å²) in [5.74, 6) is 0. The van der Waals surface area contributed by atoms with E-state index in [9.17, 15) is 0 Å². The SMILES string of the molecule is CNCCNCCNCCNCCNCCNCCN(CCNCCN)CCNCCNCCN. The Morgan fingerprint density at radius 1 is 0.371 bits per heavy atom. The Morgan fingerprint density at radius 3 is 0.943 bits per heavy atom. The van der Waals surface area contributed by atoms with Crippen LogP contribution in [0.15, 0.2) is 0 Å². The lowest BCUT2D eigenvalue weighted by molar-refractivity contribution is 0.272. The molecule has 0 bridgehead atoms. The first-order valence-corrected chi connectivity index (χ1v) is 13.8. The number of hydrogen-bond donors (Lipinski definition) is 11. The second kappa shape index (κ2) is 31.5. The quantitative estimate of drug-likeness (QED) is 0.0409. The molecule has 35 heavy (non-hydrogen) atoms. The molecule has 0 heterocycles.